The third kappa shape index (κ3) is 2.71. The van der Waals surface area contributed by atoms with Crippen LogP contribution in [0.3, 0.4) is 0 Å². The second-order valence-corrected chi connectivity index (χ2v) is 4.75. The van der Waals surface area contributed by atoms with E-state index in [9.17, 15) is 4.79 Å². The van der Waals surface area contributed by atoms with Gasteiger partial charge in [0.05, 0.1) is 0 Å². The van der Waals surface area contributed by atoms with Gasteiger partial charge in [-0.05, 0) is 25.3 Å². The summed E-state index contributed by atoms with van der Waals surface area (Å²) < 4.78 is 1.86. The van der Waals surface area contributed by atoms with Crippen LogP contribution in [0.1, 0.15) is 44.2 Å². The van der Waals surface area contributed by atoms with E-state index in [0.29, 0.717) is 18.1 Å². The van der Waals surface area contributed by atoms with Crippen LogP contribution in [0.15, 0.2) is 12.3 Å². The minimum atomic E-state index is 0.349. The summed E-state index contributed by atoms with van der Waals surface area (Å²) in [7, 11) is 1.93. The summed E-state index contributed by atoms with van der Waals surface area (Å²) in [5, 5.41) is 4.11. The zero-order chi connectivity index (χ0) is 11.4. The van der Waals surface area contributed by atoms with Crippen LogP contribution in [0.5, 0.6) is 0 Å². The topological polar surface area (TPSA) is 34.9 Å². The molecule has 1 aromatic heterocycles. The second kappa shape index (κ2) is 5.28. The highest BCUT2D eigenvalue weighted by Crippen LogP contribution is 2.25. The molecule has 1 aliphatic carbocycles. The van der Waals surface area contributed by atoms with Crippen molar-refractivity contribution >= 4 is 5.78 Å². The molecule has 1 aromatic rings. The first-order valence-corrected chi connectivity index (χ1v) is 6.27. The largest absolute Gasteiger partial charge is 0.299 e. The molecule has 0 amide bonds. The van der Waals surface area contributed by atoms with Gasteiger partial charge in [0.2, 0.25) is 0 Å². The lowest BCUT2D eigenvalue weighted by atomic mass is 9.85. The smallest absolute Gasteiger partial charge is 0.136 e. The van der Waals surface area contributed by atoms with Crippen LogP contribution in [0, 0.1) is 5.92 Å². The number of hydrogen-bond acceptors (Lipinski definition) is 2. The van der Waals surface area contributed by atoms with Gasteiger partial charge < -0.3 is 0 Å². The summed E-state index contributed by atoms with van der Waals surface area (Å²) in [4.78, 5) is 12.0. The van der Waals surface area contributed by atoms with Crippen LogP contribution in [0.2, 0.25) is 0 Å². The molecule has 0 saturated heterocycles. The Bertz CT molecular complexity index is 351. The molecular weight excluding hydrogens is 200 g/mol. The standard InChI is InChI=1S/C13H20N2O/c1-15-12(9-10-14-15)7-8-13(16)11-5-3-2-4-6-11/h9-11H,2-8H2,1H3. The van der Waals surface area contributed by atoms with E-state index in [1.165, 1.54) is 19.3 Å². The number of carbonyl (C=O) groups excluding carboxylic acids is 1. The molecule has 3 heteroatoms. The van der Waals surface area contributed by atoms with Gasteiger partial charge in [0.15, 0.2) is 0 Å². The molecule has 0 aliphatic heterocycles. The molecular formula is C13H20N2O. The Morgan fingerprint density at radius 1 is 1.44 bits per heavy atom. The van der Waals surface area contributed by atoms with E-state index in [0.717, 1.165) is 25.0 Å². The molecule has 0 aromatic carbocycles. The molecule has 0 N–H and O–H groups in total. The van der Waals surface area contributed by atoms with Crippen LogP contribution in [-0.2, 0) is 18.3 Å². The van der Waals surface area contributed by atoms with Crippen molar-refractivity contribution in [3.05, 3.63) is 18.0 Å². The molecule has 1 heterocycles. The van der Waals surface area contributed by atoms with E-state index in [1.807, 2.05) is 17.8 Å². The zero-order valence-electron chi connectivity index (χ0n) is 9.98. The van der Waals surface area contributed by atoms with Crippen LogP contribution in [0.4, 0.5) is 0 Å². The molecule has 0 radical (unpaired) electrons. The highest BCUT2D eigenvalue weighted by molar-refractivity contribution is 5.81. The molecule has 88 valence electrons. The van der Waals surface area contributed by atoms with Crippen LogP contribution in [-0.4, -0.2) is 15.6 Å². The number of rotatable bonds is 4. The summed E-state index contributed by atoms with van der Waals surface area (Å²) in [6.07, 6.45) is 9.33. The molecule has 1 aliphatic rings. The SMILES string of the molecule is Cn1nccc1CCC(=O)C1CCCCC1. The Balaban J connectivity index is 1.81. The molecule has 1 saturated carbocycles. The van der Waals surface area contributed by atoms with E-state index in [2.05, 4.69) is 5.10 Å². The average molecular weight is 220 g/mol. The molecule has 0 unspecified atom stereocenters. The Morgan fingerprint density at radius 2 is 2.19 bits per heavy atom. The Labute approximate surface area is 96.8 Å². The van der Waals surface area contributed by atoms with Crippen molar-refractivity contribution in [2.24, 2.45) is 13.0 Å². The van der Waals surface area contributed by atoms with E-state index < -0.39 is 0 Å². The normalized spacial score (nSPS) is 17.6. The van der Waals surface area contributed by atoms with Gasteiger partial charge in [0, 0.05) is 31.3 Å². The van der Waals surface area contributed by atoms with E-state index in [-0.39, 0.29) is 0 Å². The van der Waals surface area contributed by atoms with Crippen molar-refractivity contribution in [2.45, 2.75) is 44.9 Å². The molecule has 0 bridgehead atoms. The number of hydrogen-bond donors (Lipinski definition) is 0. The number of carbonyl (C=O) groups is 1. The highest BCUT2D eigenvalue weighted by Gasteiger charge is 2.20. The van der Waals surface area contributed by atoms with E-state index in [4.69, 9.17) is 0 Å². The number of nitrogens with zero attached hydrogens (tertiary/aromatic N) is 2. The Morgan fingerprint density at radius 3 is 2.81 bits per heavy atom. The van der Waals surface area contributed by atoms with E-state index >= 15 is 0 Å². The lowest BCUT2D eigenvalue weighted by Crippen LogP contribution is -2.18. The van der Waals surface area contributed by atoms with Crippen LogP contribution in [0.25, 0.3) is 0 Å². The summed E-state index contributed by atoms with van der Waals surface area (Å²) >= 11 is 0. The summed E-state index contributed by atoms with van der Waals surface area (Å²) in [6.45, 7) is 0. The van der Waals surface area contributed by atoms with Crippen molar-refractivity contribution in [1.29, 1.82) is 0 Å². The van der Waals surface area contributed by atoms with Crippen molar-refractivity contribution in [3.8, 4) is 0 Å². The summed E-state index contributed by atoms with van der Waals surface area (Å²) in [5.74, 6) is 0.808. The van der Waals surface area contributed by atoms with Crippen molar-refractivity contribution in [3.63, 3.8) is 0 Å². The van der Waals surface area contributed by atoms with Gasteiger partial charge >= 0.3 is 0 Å². The van der Waals surface area contributed by atoms with Gasteiger partial charge in [-0.3, -0.25) is 9.48 Å². The maximum atomic E-state index is 12.0. The molecule has 3 nitrogen and oxygen atoms in total. The van der Waals surface area contributed by atoms with Gasteiger partial charge in [-0.25, -0.2) is 0 Å². The first-order valence-electron chi connectivity index (χ1n) is 6.27. The minimum absolute atomic E-state index is 0.349. The second-order valence-electron chi connectivity index (χ2n) is 4.75. The van der Waals surface area contributed by atoms with Gasteiger partial charge in [-0.2, -0.15) is 5.10 Å². The molecule has 0 atom stereocenters. The maximum Gasteiger partial charge on any atom is 0.136 e. The molecule has 1 fully saturated rings. The molecule has 0 spiro atoms. The lowest BCUT2D eigenvalue weighted by Gasteiger charge is -2.20. The number of ketones is 1. The fourth-order valence-electron chi connectivity index (χ4n) is 2.53. The fourth-order valence-corrected chi connectivity index (χ4v) is 2.53. The monoisotopic (exact) mass is 220 g/mol. The summed E-state index contributed by atoms with van der Waals surface area (Å²) in [6, 6.07) is 1.99. The molecule has 16 heavy (non-hydrogen) atoms. The van der Waals surface area contributed by atoms with Crippen molar-refractivity contribution in [2.75, 3.05) is 0 Å². The first kappa shape index (κ1) is 11.4. The quantitative estimate of drug-likeness (QED) is 0.781. The van der Waals surface area contributed by atoms with Crippen LogP contribution < -0.4 is 0 Å². The summed E-state index contributed by atoms with van der Waals surface area (Å²) in [5.41, 5.74) is 1.16. The van der Waals surface area contributed by atoms with E-state index in [1.54, 1.807) is 6.20 Å². The van der Waals surface area contributed by atoms with Crippen molar-refractivity contribution < 1.29 is 4.79 Å². The van der Waals surface area contributed by atoms with Crippen molar-refractivity contribution in [1.82, 2.24) is 9.78 Å². The average Bonchev–Trinajstić information content (AvgIpc) is 2.73. The lowest BCUT2D eigenvalue weighted by molar-refractivity contribution is -0.123. The number of aromatic nitrogens is 2. The fraction of sp³-hybridized carbons (Fsp3) is 0.692. The van der Waals surface area contributed by atoms with Gasteiger partial charge in [0.1, 0.15) is 5.78 Å². The Hall–Kier alpha value is -1.12. The Kier molecular flexibility index (Phi) is 3.75. The number of Topliss-reactive ketones (excluding diaryl/α,β-unsaturated/α-hetero) is 1. The predicted octanol–water partition coefficient (Wildman–Crippen LogP) is 2.50. The predicted molar refractivity (Wildman–Crippen MR) is 63.1 cm³/mol. The number of aryl methyl sites for hydroxylation is 2. The zero-order valence-corrected chi connectivity index (χ0v) is 9.98. The third-order valence-corrected chi connectivity index (χ3v) is 3.61. The molecule has 2 rings (SSSR count). The maximum absolute atomic E-state index is 12.0. The third-order valence-electron chi connectivity index (χ3n) is 3.61. The van der Waals surface area contributed by atoms with Gasteiger partial charge in [0.25, 0.3) is 0 Å². The van der Waals surface area contributed by atoms with Gasteiger partial charge in [-0.1, -0.05) is 19.3 Å². The highest BCUT2D eigenvalue weighted by atomic mass is 16.1. The minimum Gasteiger partial charge on any atom is -0.299 e. The van der Waals surface area contributed by atoms with Gasteiger partial charge in [-0.15, -0.1) is 0 Å². The first-order chi connectivity index (χ1) is 7.77. The van der Waals surface area contributed by atoms with Crippen LogP contribution >= 0.6 is 0 Å².